The Labute approximate surface area is 115 Å². The van der Waals surface area contributed by atoms with Crippen LogP contribution in [-0.4, -0.2) is 19.6 Å². The molecule has 0 bridgehead atoms. The van der Waals surface area contributed by atoms with Gasteiger partial charge in [0.25, 0.3) is 0 Å². The van der Waals surface area contributed by atoms with E-state index in [0.29, 0.717) is 0 Å². The van der Waals surface area contributed by atoms with Crippen molar-refractivity contribution in [3.8, 4) is 0 Å². The molecule has 104 valence electrons. The lowest BCUT2D eigenvalue weighted by molar-refractivity contribution is 0.637. The van der Waals surface area contributed by atoms with E-state index in [-0.39, 0.29) is 0 Å². The molecule has 0 aromatic carbocycles. The molecule has 0 unspecified atom stereocenters. The van der Waals surface area contributed by atoms with Crippen molar-refractivity contribution in [2.75, 3.05) is 0 Å². The predicted octanol–water partition coefficient (Wildman–Crippen LogP) is 2.91. The molecule has 0 spiro atoms. The molecule has 19 heavy (non-hydrogen) atoms. The van der Waals surface area contributed by atoms with E-state index in [2.05, 4.69) is 48.8 Å². The van der Waals surface area contributed by atoms with Crippen LogP contribution < -0.4 is 0 Å². The summed E-state index contributed by atoms with van der Waals surface area (Å²) < 4.78 is 4.08. The SMILES string of the molecule is CCn1cc(CCCc2cnn(CC)c2C)c(C)n1. The summed E-state index contributed by atoms with van der Waals surface area (Å²) in [5.74, 6) is 0. The van der Waals surface area contributed by atoms with Crippen LogP contribution in [0.4, 0.5) is 0 Å². The monoisotopic (exact) mass is 260 g/mol. The van der Waals surface area contributed by atoms with E-state index in [0.717, 1.165) is 32.4 Å². The van der Waals surface area contributed by atoms with Crippen molar-refractivity contribution in [2.24, 2.45) is 0 Å². The lowest BCUT2D eigenvalue weighted by Crippen LogP contribution is -1.99. The van der Waals surface area contributed by atoms with Gasteiger partial charge in [0.15, 0.2) is 0 Å². The summed E-state index contributed by atoms with van der Waals surface area (Å²) in [7, 11) is 0. The van der Waals surface area contributed by atoms with Gasteiger partial charge in [-0.2, -0.15) is 10.2 Å². The Morgan fingerprint density at radius 1 is 1.05 bits per heavy atom. The quantitative estimate of drug-likeness (QED) is 0.800. The molecule has 0 aliphatic rings. The molecule has 4 nitrogen and oxygen atoms in total. The first-order valence-electron chi connectivity index (χ1n) is 7.19. The van der Waals surface area contributed by atoms with Gasteiger partial charge in [0.1, 0.15) is 0 Å². The highest BCUT2D eigenvalue weighted by molar-refractivity contribution is 5.18. The Morgan fingerprint density at radius 2 is 1.79 bits per heavy atom. The first-order valence-corrected chi connectivity index (χ1v) is 7.19. The Balaban J connectivity index is 1.92. The molecule has 0 atom stereocenters. The number of rotatable bonds is 6. The number of nitrogens with zero attached hydrogens (tertiary/aromatic N) is 4. The highest BCUT2D eigenvalue weighted by Crippen LogP contribution is 2.14. The minimum Gasteiger partial charge on any atom is -0.272 e. The Bertz CT molecular complexity index is 534. The molecule has 0 saturated carbocycles. The van der Waals surface area contributed by atoms with Gasteiger partial charge in [0.2, 0.25) is 0 Å². The zero-order valence-electron chi connectivity index (χ0n) is 12.5. The minimum absolute atomic E-state index is 0.948. The molecule has 2 aromatic rings. The van der Waals surface area contributed by atoms with Crippen molar-refractivity contribution in [1.82, 2.24) is 19.6 Å². The number of aromatic nitrogens is 4. The number of hydrogen-bond acceptors (Lipinski definition) is 2. The number of aryl methyl sites for hydroxylation is 5. The fraction of sp³-hybridized carbons (Fsp3) is 0.600. The smallest absolute Gasteiger partial charge is 0.0625 e. The maximum absolute atomic E-state index is 4.49. The summed E-state index contributed by atoms with van der Waals surface area (Å²) in [4.78, 5) is 0. The maximum Gasteiger partial charge on any atom is 0.0625 e. The molecule has 2 heterocycles. The fourth-order valence-electron chi connectivity index (χ4n) is 2.49. The second-order valence-corrected chi connectivity index (χ2v) is 5.02. The third kappa shape index (κ3) is 3.06. The van der Waals surface area contributed by atoms with Crippen LogP contribution in [0.2, 0.25) is 0 Å². The maximum atomic E-state index is 4.49. The third-order valence-electron chi connectivity index (χ3n) is 3.77. The summed E-state index contributed by atoms with van der Waals surface area (Å²) in [6.45, 7) is 10.4. The summed E-state index contributed by atoms with van der Waals surface area (Å²) in [5.41, 5.74) is 5.23. The average molecular weight is 260 g/mol. The lowest BCUT2D eigenvalue weighted by atomic mass is 10.1. The van der Waals surface area contributed by atoms with Crippen molar-refractivity contribution in [2.45, 2.75) is 60.0 Å². The largest absolute Gasteiger partial charge is 0.272 e. The molecule has 0 amide bonds. The molecule has 2 aromatic heterocycles. The van der Waals surface area contributed by atoms with E-state index in [1.54, 1.807) is 0 Å². The normalized spacial score (nSPS) is 11.2. The van der Waals surface area contributed by atoms with Crippen LogP contribution in [0.15, 0.2) is 12.4 Å². The van der Waals surface area contributed by atoms with E-state index < -0.39 is 0 Å². The van der Waals surface area contributed by atoms with Crippen LogP contribution in [0.25, 0.3) is 0 Å². The van der Waals surface area contributed by atoms with Gasteiger partial charge in [-0.15, -0.1) is 0 Å². The van der Waals surface area contributed by atoms with Gasteiger partial charge in [0, 0.05) is 25.0 Å². The molecule has 2 rings (SSSR count). The summed E-state index contributed by atoms with van der Waals surface area (Å²) in [6.07, 6.45) is 7.55. The van der Waals surface area contributed by atoms with E-state index in [1.807, 2.05) is 10.9 Å². The summed E-state index contributed by atoms with van der Waals surface area (Å²) >= 11 is 0. The van der Waals surface area contributed by atoms with Gasteiger partial charge in [-0.1, -0.05) is 0 Å². The minimum atomic E-state index is 0.948. The first-order chi connectivity index (χ1) is 9.15. The van der Waals surface area contributed by atoms with Gasteiger partial charge < -0.3 is 0 Å². The van der Waals surface area contributed by atoms with Crippen LogP contribution >= 0.6 is 0 Å². The molecular weight excluding hydrogens is 236 g/mol. The summed E-state index contributed by atoms with van der Waals surface area (Å²) in [5, 5.41) is 8.88. The average Bonchev–Trinajstić information content (AvgIpc) is 2.94. The van der Waals surface area contributed by atoms with Gasteiger partial charge in [-0.25, -0.2) is 0 Å². The van der Waals surface area contributed by atoms with Crippen molar-refractivity contribution in [3.05, 3.63) is 34.9 Å². The van der Waals surface area contributed by atoms with Crippen LogP contribution in [-0.2, 0) is 25.9 Å². The highest BCUT2D eigenvalue weighted by atomic mass is 15.3. The van der Waals surface area contributed by atoms with Gasteiger partial charge in [0.05, 0.1) is 11.9 Å². The van der Waals surface area contributed by atoms with E-state index >= 15 is 0 Å². The first kappa shape index (κ1) is 13.8. The van der Waals surface area contributed by atoms with Gasteiger partial charge in [-0.3, -0.25) is 9.36 Å². The van der Waals surface area contributed by atoms with Crippen LogP contribution in [0, 0.1) is 13.8 Å². The topological polar surface area (TPSA) is 35.6 Å². The summed E-state index contributed by atoms with van der Waals surface area (Å²) in [6, 6.07) is 0. The second kappa shape index (κ2) is 6.04. The third-order valence-corrected chi connectivity index (χ3v) is 3.77. The van der Waals surface area contributed by atoms with Gasteiger partial charge in [-0.05, 0) is 58.1 Å². The van der Waals surface area contributed by atoms with Crippen molar-refractivity contribution < 1.29 is 0 Å². The van der Waals surface area contributed by atoms with Crippen LogP contribution in [0.1, 0.15) is 42.8 Å². The molecule has 0 saturated heterocycles. The second-order valence-electron chi connectivity index (χ2n) is 5.02. The Kier molecular flexibility index (Phi) is 4.40. The molecule has 0 N–H and O–H groups in total. The zero-order valence-corrected chi connectivity index (χ0v) is 12.5. The number of hydrogen-bond donors (Lipinski definition) is 0. The highest BCUT2D eigenvalue weighted by Gasteiger charge is 2.07. The molecule has 0 radical (unpaired) electrons. The molecule has 0 aliphatic carbocycles. The fourth-order valence-corrected chi connectivity index (χ4v) is 2.49. The van der Waals surface area contributed by atoms with Gasteiger partial charge >= 0.3 is 0 Å². The Morgan fingerprint density at radius 3 is 2.37 bits per heavy atom. The van der Waals surface area contributed by atoms with Crippen molar-refractivity contribution in [1.29, 1.82) is 0 Å². The van der Waals surface area contributed by atoms with Crippen molar-refractivity contribution in [3.63, 3.8) is 0 Å². The molecule has 4 heteroatoms. The zero-order chi connectivity index (χ0) is 13.8. The molecule has 0 fully saturated rings. The van der Waals surface area contributed by atoms with Crippen molar-refractivity contribution >= 4 is 0 Å². The predicted molar refractivity (Wildman–Crippen MR) is 77.3 cm³/mol. The van der Waals surface area contributed by atoms with Crippen LogP contribution in [0.3, 0.4) is 0 Å². The Hall–Kier alpha value is -1.58. The molecular formula is C15H24N4. The van der Waals surface area contributed by atoms with E-state index in [4.69, 9.17) is 0 Å². The standard InChI is InChI=1S/C15H24N4/c1-5-18-11-15(12(3)17-18)9-7-8-14-10-16-19(6-2)13(14)4/h10-11H,5-9H2,1-4H3. The van der Waals surface area contributed by atoms with E-state index in [9.17, 15) is 0 Å². The van der Waals surface area contributed by atoms with Crippen LogP contribution in [0.5, 0.6) is 0 Å². The lowest BCUT2D eigenvalue weighted by Gasteiger charge is -2.02. The van der Waals surface area contributed by atoms with E-state index in [1.165, 1.54) is 22.5 Å². The molecule has 0 aliphatic heterocycles.